The zero-order valence-corrected chi connectivity index (χ0v) is 13.9. The number of hydrogen-bond donors (Lipinski definition) is 0. The van der Waals surface area contributed by atoms with Crippen LogP contribution in [0.15, 0.2) is 24.3 Å². The van der Waals surface area contributed by atoms with E-state index in [4.69, 9.17) is 4.74 Å². The van der Waals surface area contributed by atoms with Gasteiger partial charge in [0, 0.05) is 40.0 Å². The minimum absolute atomic E-state index is 0.0210. The molecule has 1 atom stereocenters. The summed E-state index contributed by atoms with van der Waals surface area (Å²) < 4.78 is 5.84. The molecular formula is C17H21N3O4. The highest BCUT2D eigenvalue weighted by Gasteiger charge is 2.36. The topological polar surface area (TPSA) is 70.2 Å². The van der Waals surface area contributed by atoms with Gasteiger partial charge in [0.05, 0.1) is 12.2 Å². The summed E-state index contributed by atoms with van der Waals surface area (Å²) in [6.07, 6.45) is -0.715. The standard InChI is InChI=1S/C17H21N3O4/c1-12(21)18-7-9-19(10-8-18)17(23)16-11-20(13(2)22)14-5-3-4-6-15(14)24-16/h3-6,16H,7-11H2,1-2H3. The van der Waals surface area contributed by atoms with Gasteiger partial charge in [-0.25, -0.2) is 0 Å². The largest absolute Gasteiger partial charge is 0.476 e. The van der Waals surface area contributed by atoms with Gasteiger partial charge in [0.25, 0.3) is 5.91 Å². The van der Waals surface area contributed by atoms with E-state index in [0.29, 0.717) is 37.6 Å². The summed E-state index contributed by atoms with van der Waals surface area (Å²) >= 11 is 0. The molecule has 1 saturated heterocycles. The van der Waals surface area contributed by atoms with Gasteiger partial charge in [-0.05, 0) is 12.1 Å². The van der Waals surface area contributed by atoms with Crippen LogP contribution in [0.25, 0.3) is 0 Å². The van der Waals surface area contributed by atoms with Crippen LogP contribution in [0.1, 0.15) is 13.8 Å². The molecule has 1 aromatic rings. The SMILES string of the molecule is CC(=O)N1CCN(C(=O)C2CN(C(C)=O)c3ccccc3O2)CC1. The van der Waals surface area contributed by atoms with Crippen molar-refractivity contribution < 1.29 is 19.1 Å². The Morgan fingerprint density at radius 3 is 2.21 bits per heavy atom. The molecule has 128 valence electrons. The summed E-state index contributed by atoms with van der Waals surface area (Å²) in [6, 6.07) is 7.22. The van der Waals surface area contributed by atoms with Crippen LogP contribution in [-0.2, 0) is 14.4 Å². The molecule has 1 fully saturated rings. The van der Waals surface area contributed by atoms with Crippen molar-refractivity contribution in [1.29, 1.82) is 0 Å². The average Bonchev–Trinajstić information content (AvgIpc) is 2.60. The highest BCUT2D eigenvalue weighted by molar-refractivity contribution is 5.96. The van der Waals surface area contributed by atoms with Crippen LogP contribution >= 0.6 is 0 Å². The van der Waals surface area contributed by atoms with E-state index in [1.807, 2.05) is 18.2 Å². The molecule has 0 N–H and O–H groups in total. The lowest BCUT2D eigenvalue weighted by atomic mass is 10.1. The number of nitrogens with zero attached hydrogens (tertiary/aromatic N) is 3. The Bertz CT molecular complexity index is 668. The van der Waals surface area contributed by atoms with E-state index < -0.39 is 6.10 Å². The highest BCUT2D eigenvalue weighted by Crippen LogP contribution is 2.33. The first-order valence-electron chi connectivity index (χ1n) is 8.05. The first kappa shape index (κ1) is 16.3. The lowest BCUT2D eigenvalue weighted by Crippen LogP contribution is -2.56. The van der Waals surface area contributed by atoms with Gasteiger partial charge < -0.3 is 19.4 Å². The normalized spacial score (nSPS) is 20.2. The number of hydrogen-bond acceptors (Lipinski definition) is 4. The van der Waals surface area contributed by atoms with Crippen molar-refractivity contribution in [3.05, 3.63) is 24.3 Å². The van der Waals surface area contributed by atoms with Crippen LogP contribution in [0.4, 0.5) is 5.69 Å². The Labute approximate surface area is 140 Å². The lowest BCUT2D eigenvalue weighted by Gasteiger charge is -2.39. The predicted molar refractivity (Wildman–Crippen MR) is 87.7 cm³/mol. The van der Waals surface area contributed by atoms with Gasteiger partial charge in [0.1, 0.15) is 5.75 Å². The number of carbonyl (C=O) groups is 3. The maximum atomic E-state index is 12.8. The number of anilines is 1. The summed E-state index contributed by atoms with van der Waals surface area (Å²) in [7, 11) is 0. The number of rotatable bonds is 1. The number of carbonyl (C=O) groups excluding carboxylic acids is 3. The molecule has 0 bridgehead atoms. The smallest absolute Gasteiger partial charge is 0.265 e. The fourth-order valence-corrected chi connectivity index (χ4v) is 3.11. The van der Waals surface area contributed by atoms with Gasteiger partial charge >= 0.3 is 0 Å². The van der Waals surface area contributed by atoms with Crippen LogP contribution in [0, 0.1) is 0 Å². The summed E-state index contributed by atoms with van der Waals surface area (Å²) in [5.41, 5.74) is 0.690. The van der Waals surface area contributed by atoms with E-state index in [1.165, 1.54) is 13.8 Å². The molecule has 2 heterocycles. The maximum absolute atomic E-state index is 12.8. The van der Waals surface area contributed by atoms with E-state index >= 15 is 0 Å². The van der Waals surface area contributed by atoms with Crippen molar-refractivity contribution >= 4 is 23.4 Å². The van der Waals surface area contributed by atoms with Crippen molar-refractivity contribution in [1.82, 2.24) is 9.80 Å². The number of benzene rings is 1. The Morgan fingerprint density at radius 2 is 1.58 bits per heavy atom. The third-order valence-corrected chi connectivity index (χ3v) is 4.47. The van der Waals surface area contributed by atoms with Gasteiger partial charge in [0.15, 0.2) is 6.10 Å². The van der Waals surface area contributed by atoms with Crippen LogP contribution in [-0.4, -0.2) is 66.3 Å². The molecule has 7 nitrogen and oxygen atoms in total. The number of fused-ring (bicyclic) bond motifs is 1. The summed E-state index contributed by atoms with van der Waals surface area (Å²) in [5.74, 6) is 0.302. The van der Waals surface area contributed by atoms with E-state index in [0.717, 1.165) is 0 Å². The van der Waals surface area contributed by atoms with Gasteiger partial charge in [-0.1, -0.05) is 12.1 Å². The lowest BCUT2D eigenvalue weighted by molar-refractivity contribution is -0.143. The van der Waals surface area contributed by atoms with Crippen molar-refractivity contribution in [2.24, 2.45) is 0 Å². The van der Waals surface area contributed by atoms with Crippen molar-refractivity contribution in [2.45, 2.75) is 20.0 Å². The van der Waals surface area contributed by atoms with Gasteiger partial charge in [0.2, 0.25) is 11.8 Å². The molecule has 1 unspecified atom stereocenters. The third-order valence-electron chi connectivity index (χ3n) is 4.47. The van der Waals surface area contributed by atoms with E-state index in [-0.39, 0.29) is 24.3 Å². The predicted octanol–water partition coefficient (Wildman–Crippen LogP) is 0.491. The quantitative estimate of drug-likeness (QED) is 0.751. The van der Waals surface area contributed by atoms with E-state index in [2.05, 4.69) is 0 Å². The molecule has 2 aliphatic rings. The van der Waals surface area contributed by atoms with Crippen molar-refractivity contribution in [3.63, 3.8) is 0 Å². The second kappa shape index (κ2) is 6.51. The van der Waals surface area contributed by atoms with Gasteiger partial charge in [-0.3, -0.25) is 14.4 Å². The van der Waals surface area contributed by atoms with Gasteiger partial charge in [-0.15, -0.1) is 0 Å². The third kappa shape index (κ3) is 3.06. The molecular weight excluding hydrogens is 310 g/mol. The Kier molecular flexibility index (Phi) is 4.42. The average molecular weight is 331 g/mol. The molecule has 1 aromatic carbocycles. The minimum Gasteiger partial charge on any atom is -0.476 e. The van der Waals surface area contributed by atoms with E-state index in [1.54, 1.807) is 20.8 Å². The monoisotopic (exact) mass is 331 g/mol. The molecule has 0 aliphatic carbocycles. The number of piperazine rings is 1. The molecule has 0 saturated carbocycles. The van der Waals surface area contributed by atoms with Crippen molar-refractivity contribution in [2.75, 3.05) is 37.6 Å². The molecule has 3 rings (SSSR count). The van der Waals surface area contributed by atoms with Crippen LogP contribution in [0.2, 0.25) is 0 Å². The highest BCUT2D eigenvalue weighted by atomic mass is 16.5. The van der Waals surface area contributed by atoms with Crippen LogP contribution < -0.4 is 9.64 Å². The Balaban J connectivity index is 1.73. The van der Waals surface area contributed by atoms with Gasteiger partial charge in [-0.2, -0.15) is 0 Å². The molecule has 0 aromatic heterocycles. The molecule has 0 radical (unpaired) electrons. The first-order valence-corrected chi connectivity index (χ1v) is 8.05. The molecule has 3 amide bonds. The number of amides is 3. The van der Waals surface area contributed by atoms with Crippen LogP contribution in [0.5, 0.6) is 5.75 Å². The zero-order valence-electron chi connectivity index (χ0n) is 13.9. The number of para-hydroxylation sites is 2. The first-order chi connectivity index (χ1) is 11.5. The molecule has 24 heavy (non-hydrogen) atoms. The fourth-order valence-electron chi connectivity index (χ4n) is 3.11. The molecule has 7 heteroatoms. The summed E-state index contributed by atoms with van der Waals surface area (Å²) in [4.78, 5) is 41.1. The molecule has 2 aliphatic heterocycles. The second-order valence-corrected chi connectivity index (χ2v) is 6.04. The fraction of sp³-hybridized carbons (Fsp3) is 0.471. The van der Waals surface area contributed by atoms with E-state index in [9.17, 15) is 14.4 Å². The Morgan fingerprint density at radius 1 is 0.958 bits per heavy atom. The summed E-state index contributed by atoms with van der Waals surface area (Å²) in [6.45, 7) is 5.25. The Hall–Kier alpha value is -2.57. The molecule has 0 spiro atoms. The number of ether oxygens (including phenoxy) is 1. The van der Waals surface area contributed by atoms with Crippen molar-refractivity contribution in [3.8, 4) is 5.75 Å². The summed E-state index contributed by atoms with van der Waals surface area (Å²) in [5, 5.41) is 0. The zero-order chi connectivity index (χ0) is 17.3. The minimum atomic E-state index is -0.715. The maximum Gasteiger partial charge on any atom is 0.265 e. The van der Waals surface area contributed by atoms with Crippen LogP contribution in [0.3, 0.4) is 0 Å². The second-order valence-electron chi connectivity index (χ2n) is 6.04.